The summed E-state index contributed by atoms with van der Waals surface area (Å²) in [6, 6.07) is 10.6. The standard InChI is InChI=1S/C14H12O/c1-9-4-3-5-11-6-7-12-10(2)8-15-14(12)13(9)11/h3-8H,1-2H3. The van der Waals surface area contributed by atoms with E-state index in [9.17, 15) is 0 Å². The van der Waals surface area contributed by atoms with Crippen LogP contribution in [0.2, 0.25) is 0 Å². The molecule has 0 aliphatic heterocycles. The van der Waals surface area contributed by atoms with Crippen molar-refractivity contribution in [3.8, 4) is 0 Å². The third-order valence-electron chi connectivity index (χ3n) is 2.98. The Kier molecular flexibility index (Phi) is 1.63. The van der Waals surface area contributed by atoms with Gasteiger partial charge in [-0.25, -0.2) is 0 Å². The van der Waals surface area contributed by atoms with Crippen molar-refractivity contribution in [2.75, 3.05) is 0 Å². The first-order valence-electron chi connectivity index (χ1n) is 5.13. The van der Waals surface area contributed by atoms with E-state index in [4.69, 9.17) is 4.42 Å². The van der Waals surface area contributed by atoms with Gasteiger partial charge in [-0.1, -0.05) is 30.3 Å². The molecule has 0 spiro atoms. The number of rotatable bonds is 0. The maximum atomic E-state index is 5.64. The van der Waals surface area contributed by atoms with Crippen LogP contribution in [0.3, 0.4) is 0 Å². The summed E-state index contributed by atoms with van der Waals surface area (Å²) in [6.07, 6.45) is 1.83. The van der Waals surface area contributed by atoms with Gasteiger partial charge >= 0.3 is 0 Å². The minimum atomic E-state index is 1.02. The highest BCUT2D eigenvalue weighted by Gasteiger charge is 2.07. The van der Waals surface area contributed by atoms with Crippen molar-refractivity contribution in [2.24, 2.45) is 0 Å². The lowest BCUT2D eigenvalue weighted by Gasteiger charge is -2.02. The summed E-state index contributed by atoms with van der Waals surface area (Å²) < 4.78 is 5.64. The summed E-state index contributed by atoms with van der Waals surface area (Å²) in [5.41, 5.74) is 3.49. The molecule has 1 nitrogen and oxygen atoms in total. The third-order valence-corrected chi connectivity index (χ3v) is 2.98. The summed E-state index contributed by atoms with van der Waals surface area (Å²) in [7, 11) is 0. The fourth-order valence-electron chi connectivity index (χ4n) is 2.17. The number of hydrogen-bond acceptors (Lipinski definition) is 1. The molecule has 3 rings (SSSR count). The van der Waals surface area contributed by atoms with E-state index >= 15 is 0 Å². The molecule has 1 heteroatoms. The zero-order valence-corrected chi connectivity index (χ0v) is 8.87. The van der Waals surface area contributed by atoms with Gasteiger partial charge in [0.1, 0.15) is 5.58 Å². The SMILES string of the molecule is Cc1coc2c1ccc1cccc(C)c12. The van der Waals surface area contributed by atoms with E-state index in [1.165, 1.54) is 27.3 Å². The van der Waals surface area contributed by atoms with Gasteiger partial charge in [0.25, 0.3) is 0 Å². The lowest BCUT2D eigenvalue weighted by molar-refractivity contribution is 0.616. The molecule has 3 aromatic rings. The lowest BCUT2D eigenvalue weighted by Crippen LogP contribution is -1.79. The molecule has 0 radical (unpaired) electrons. The van der Waals surface area contributed by atoms with Gasteiger partial charge in [-0.05, 0) is 30.4 Å². The summed E-state index contributed by atoms with van der Waals surface area (Å²) >= 11 is 0. The van der Waals surface area contributed by atoms with Gasteiger partial charge in [0.15, 0.2) is 0 Å². The molecule has 0 N–H and O–H groups in total. The van der Waals surface area contributed by atoms with Crippen molar-refractivity contribution >= 4 is 21.7 Å². The molecule has 0 saturated carbocycles. The Balaban J connectivity index is 2.64. The fraction of sp³-hybridized carbons (Fsp3) is 0.143. The minimum Gasteiger partial charge on any atom is -0.463 e. The predicted octanol–water partition coefficient (Wildman–Crippen LogP) is 4.20. The van der Waals surface area contributed by atoms with Crippen molar-refractivity contribution in [1.82, 2.24) is 0 Å². The van der Waals surface area contributed by atoms with E-state index in [1.807, 2.05) is 6.26 Å². The molecule has 0 atom stereocenters. The van der Waals surface area contributed by atoms with Gasteiger partial charge in [-0.15, -0.1) is 0 Å². The first-order valence-corrected chi connectivity index (χ1v) is 5.13. The Morgan fingerprint density at radius 3 is 2.67 bits per heavy atom. The van der Waals surface area contributed by atoms with Crippen molar-refractivity contribution < 1.29 is 4.42 Å². The second-order valence-electron chi connectivity index (χ2n) is 4.03. The summed E-state index contributed by atoms with van der Waals surface area (Å²) in [5, 5.41) is 3.71. The zero-order chi connectivity index (χ0) is 10.4. The van der Waals surface area contributed by atoms with E-state index in [0.29, 0.717) is 0 Å². The van der Waals surface area contributed by atoms with Crippen LogP contribution in [0.15, 0.2) is 41.0 Å². The number of fused-ring (bicyclic) bond motifs is 3. The molecule has 1 heterocycles. The Labute approximate surface area is 88.3 Å². The lowest BCUT2D eigenvalue weighted by atomic mass is 10.0. The van der Waals surface area contributed by atoms with Crippen LogP contribution < -0.4 is 0 Å². The molecule has 2 aromatic carbocycles. The molecule has 74 valence electrons. The Hall–Kier alpha value is -1.76. The molecule has 0 amide bonds. The van der Waals surface area contributed by atoms with Gasteiger partial charge in [0.05, 0.1) is 6.26 Å². The second kappa shape index (κ2) is 2.86. The van der Waals surface area contributed by atoms with Crippen LogP contribution in [0.1, 0.15) is 11.1 Å². The molecule has 0 bridgehead atoms. The average Bonchev–Trinajstić information content (AvgIpc) is 2.61. The molecule has 0 unspecified atom stereocenters. The summed E-state index contributed by atoms with van der Waals surface area (Å²) in [4.78, 5) is 0. The van der Waals surface area contributed by atoms with E-state index in [0.717, 1.165) is 5.58 Å². The minimum absolute atomic E-state index is 1.02. The van der Waals surface area contributed by atoms with Crippen molar-refractivity contribution in [1.29, 1.82) is 0 Å². The Morgan fingerprint density at radius 2 is 1.80 bits per heavy atom. The first-order chi connectivity index (χ1) is 7.27. The van der Waals surface area contributed by atoms with Crippen molar-refractivity contribution in [3.05, 3.63) is 47.7 Å². The van der Waals surface area contributed by atoms with Gasteiger partial charge in [0, 0.05) is 10.8 Å². The van der Waals surface area contributed by atoms with E-state index in [2.05, 4.69) is 44.2 Å². The summed E-state index contributed by atoms with van der Waals surface area (Å²) in [6.45, 7) is 4.20. The van der Waals surface area contributed by atoms with Crippen LogP contribution in [0.4, 0.5) is 0 Å². The quantitative estimate of drug-likeness (QED) is 0.525. The molecule has 0 aliphatic rings. The largest absolute Gasteiger partial charge is 0.463 e. The number of aryl methyl sites for hydroxylation is 2. The van der Waals surface area contributed by atoms with Gasteiger partial charge in [-0.3, -0.25) is 0 Å². The molecule has 15 heavy (non-hydrogen) atoms. The van der Waals surface area contributed by atoms with E-state index < -0.39 is 0 Å². The van der Waals surface area contributed by atoms with E-state index in [-0.39, 0.29) is 0 Å². The predicted molar refractivity (Wildman–Crippen MR) is 63.2 cm³/mol. The molecule has 1 aromatic heterocycles. The number of hydrogen-bond donors (Lipinski definition) is 0. The smallest absolute Gasteiger partial charge is 0.142 e. The second-order valence-corrected chi connectivity index (χ2v) is 4.03. The average molecular weight is 196 g/mol. The van der Waals surface area contributed by atoms with Crippen LogP contribution in [0.25, 0.3) is 21.7 Å². The first kappa shape index (κ1) is 8.54. The fourth-order valence-corrected chi connectivity index (χ4v) is 2.17. The Morgan fingerprint density at radius 1 is 0.933 bits per heavy atom. The highest BCUT2D eigenvalue weighted by atomic mass is 16.3. The van der Waals surface area contributed by atoms with Crippen LogP contribution in [0.5, 0.6) is 0 Å². The van der Waals surface area contributed by atoms with Gasteiger partial charge < -0.3 is 4.42 Å². The number of benzene rings is 2. The molecular formula is C14H12O. The van der Waals surface area contributed by atoms with Crippen LogP contribution >= 0.6 is 0 Å². The van der Waals surface area contributed by atoms with Crippen LogP contribution in [-0.2, 0) is 0 Å². The molecular weight excluding hydrogens is 184 g/mol. The normalized spacial score (nSPS) is 11.3. The highest BCUT2D eigenvalue weighted by Crippen LogP contribution is 2.30. The Bertz CT molecular complexity index is 647. The highest BCUT2D eigenvalue weighted by molar-refractivity contribution is 6.06. The molecule has 0 saturated heterocycles. The number of furan rings is 1. The molecule has 0 fully saturated rings. The maximum Gasteiger partial charge on any atom is 0.142 e. The topological polar surface area (TPSA) is 13.1 Å². The zero-order valence-electron chi connectivity index (χ0n) is 8.87. The van der Waals surface area contributed by atoms with Crippen LogP contribution in [-0.4, -0.2) is 0 Å². The van der Waals surface area contributed by atoms with Gasteiger partial charge in [0.2, 0.25) is 0 Å². The van der Waals surface area contributed by atoms with Crippen molar-refractivity contribution in [2.45, 2.75) is 13.8 Å². The van der Waals surface area contributed by atoms with Crippen molar-refractivity contribution in [3.63, 3.8) is 0 Å². The van der Waals surface area contributed by atoms with Crippen LogP contribution in [0, 0.1) is 13.8 Å². The molecule has 0 aliphatic carbocycles. The summed E-state index contributed by atoms with van der Waals surface area (Å²) in [5.74, 6) is 0. The van der Waals surface area contributed by atoms with E-state index in [1.54, 1.807) is 0 Å². The monoisotopic (exact) mass is 196 g/mol. The van der Waals surface area contributed by atoms with Gasteiger partial charge in [-0.2, -0.15) is 0 Å². The third kappa shape index (κ3) is 1.09. The maximum absolute atomic E-state index is 5.64.